The fourth-order valence-corrected chi connectivity index (χ4v) is 3.18. The van der Waals surface area contributed by atoms with Gasteiger partial charge in [0.05, 0.1) is 29.2 Å². The molecule has 0 aliphatic carbocycles. The molecule has 0 amide bonds. The summed E-state index contributed by atoms with van der Waals surface area (Å²) in [6.45, 7) is 3.42. The molecular weight excluding hydrogens is 306 g/mol. The van der Waals surface area contributed by atoms with Gasteiger partial charge in [0.1, 0.15) is 17.1 Å². The summed E-state index contributed by atoms with van der Waals surface area (Å²) in [5, 5.41) is 2.07. The number of aryl methyl sites for hydroxylation is 2. The molecule has 6 heteroatoms. The first-order valence-corrected chi connectivity index (χ1v) is 8.35. The van der Waals surface area contributed by atoms with E-state index in [-0.39, 0.29) is 0 Å². The Labute approximate surface area is 132 Å². The normalized spacial score (nSPS) is 11.1. The molecular formula is C15H16ClN3OS. The first-order valence-electron chi connectivity index (χ1n) is 6.87. The number of fused-ring (bicyclic) bond motifs is 1. The van der Waals surface area contributed by atoms with Crippen molar-refractivity contribution in [2.75, 3.05) is 6.61 Å². The molecule has 0 fully saturated rings. The predicted octanol–water partition coefficient (Wildman–Crippen LogP) is 3.87. The summed E-state index contributed by atoms with van der Waals surface area (Å²) in [6.07, 6.45) is 0.873. The molecule has 4 nitrogen and oxygen atoms in total. The molecule has 0 unspecified atom stereocenters. The van der Waals surface area contributed by atoms with Gasteiger partial charge < -0.3 is 9.30 Å². The number of para-hydroxylation sites is 1. The fourth-order valence-electron chi connectivity index (χ4n) is 2.38. The van der Waals surface area contributed by atoms with E-state index in [1.807, 2.05) is 24.6 Å². The number of alkyl halides is 1. The van der Waals surface area contributed by atoms with Crippen molar-refractivity contribution in [1.29, 1.82) is 0 Å². The highest BCUT2D eigenvalue weighted by atomic mass is 35.5. The van der Waals surface area contributed by atoms with E-state index in [2.05, 4.69) is 26.0 Å². The Morgan fingerprint density at radius 1 is 1.38 bits per heavy atom. The Balaban J connectivity index is 1.97. The minimum absolute atomic E-state index is 0.386. The van der Waals surface area contributed by atoms with Gasteiger partial charge in [-0.05, 0) is 19.1 Å². The molecule has 0 aliphatic rings. The topological polar surface area (TPSA) is 39.9 Å². The maximum atomic E-state index is 6.06. The third-order valence-corrected chi connectivity index (χ3v) is 4.19. The van der Waals surface area contributed by atoms with Gasteiger partial charge in [0.15, 0.2) is 0 Å². The average molecular weight is 322 g/mol. The molecule has 0 saturated carbocycles. The van der Waals surface area contributed by atoms with Crippen LogP contribution in [0.5, 0.6) is 5.75 Å². The molecule has 1 aromatic carbocycles. The molecule has 0 bridgehead atoms. The molecule has 110 valence electrons. The fraction of sp³-hybridized carbons (Fsp3) is 0.333. The number of hydrogen-bond donors (Lipinski definition) is 0. The van der Waals surface area contributed by atoms with Gasteiger partial charge in [-0.25, -0.2) is 9.97 Å². The lowest BCUT2D eigenvalue weighted by molar-refractivity contribution is 0.343. The lowest BCUT2D eigenvalue weighted by Crippen LogP contribution is -2.05. The van der Waals surface area contributed by atoms with E-state index < -0.39 is 0 Å². The van der Waals surface area contributed by atoms with E-state index in [9.17, 15) is 0 Å². The predicted molar refractivity (Wildman–Crippen MR) is 86.3 cm³/mol. The van der Waals surface area contributed by atoms with Crippen LogP contribution in [0, 0.1) is 0 Å². The van der Waals surface area contributed by atoms with Crippen molar-refractivity contribution in [3.63, 3.8) is 0 Å². The summed E-state index contributed by atoms with van der Waals surface area (Å²) in [7, 11) is 0. The van der Waals surface area contributed by atoms with Gasteiger partial charge in [-0.15, -0.1) is 22.9 Å². The molecule has 2 aromatic heterocycles. The highest BCUT2D eigenvalue weighted by Crippen LogP contribution is 2.27. The number of aromatic nitrogens is 3. The average Bonchev–Trinajstić information content (AvgIpc) is 3.13. The molecule has 2 heterocycles. The number of hydrogen-bond acceptors (Lipinski definition) is 4. The molecule has 0 spiro atoms. The van der Waals surface area contributed by atoms with Crippen LogP contribution in [0.4, 0.5) is 0 Å². The third-order valence-electron chi connectivity index (χ3n) is 3.32. The van der Waals surface area contributed by atoms with E-state index in [1.165, 1.54) is 0 Å². The number of benzene rings is 1. The molecule has 0 saturated heterocycles. The Morgan fingerprint density at radius 2 is 2.29 bits per heavy atom. The van der Waals surface area contributed by atoms with Gasteiger partial charge in [0.2, 0.25) is 0 Å². The van der Waals surface area contributed by atoms with Crippen LogP contribution in [0.15, 0.2) is 29.1 Å². The highest BCUT2D eigenvalue weighted by molar-refractivity contribution is 7.07. The van der Waals surface area contributed by atoms with Crippen LogP contribution in [-0.2, 0) is 18.8 Å². The molecule has 3 rings (SSSR count). The van der Waals surface area contributed by atoms with E-state index in [1.54, 1.807) is 11.3 Å². The summed E-state index contributed by atoms with van der Waals surface area (Å²) < 4.78 is 7.81. The van der Waals surface area contributed by atoms with Crippen LogP contribution in [0.25, 0.3) is 11.0 Å². The standard InChI is InChI=1S/C15H16ClN3OS/c1-2-20-13-5-3-4-12-15(13)18-14(8-16)19(12)7-6-11-9-21-10-17-11/h3-5,9-10H,2,6-8H2,1H3. The smallest absolute Gasteiger partial charge is 0.147 e. The largest absolute Gasteiger partial charge is 0.492 e. The first-order chi connectivity index (χ1) is 10.3. The van der Waals surface area contributed by atoms with E-state index in [0.29, 0.717) is 12.5 Å². The van der Waals surface area contributed by atoms with Crippen LogP contribution in [0.1, 0.15) is 18.4 Å². The van der Waals surface area contributed by atoms with Crippen LogP contribution < -0.4 is 4.74 Å². The number of halogens is 1. The zero-order chi connectivity index (χ0) is 14.7. The van der Waals surface area contributed by atoms with Gasteiger partial charge in [-0.3, -0.25) is 0 Å². The van der Waals surface area contributed by atoms with Crippen molar-refractivity contribution in [2.45, 2.75) is 25.8 Å². The number of rotatable bonds is 6. The molecule has 3 aromatic rings. The minimum atomic E-state index is 0.386. The lowest BCUT2D eigenvalue weighted by Gasteiger charge is -2.07. The summed E-state index contributed by atoms with van der Waals surface area (Å²) in [4.78, 5) is 8.96. The first kappa shape index (κ1) is 14.4. The Bertz CT molecular complexity index is 724. The van der Waals surface area contributed by atoms with Crippen molar-refractivity contribution in [2.24, 2.45) is 0 Å². The zero-order valence-electron chi connectivity index (χ0n) is 11.8. The van der Waals surface area contributed by atoms with E-state index in [4.69, 9.17) is 16.3 Å². The molecule has 0 aliphatic heterocycles. The SMILES string of the molecule is CCOc1cccc2c1nc(CCl)n2CCc1cscn1. The Hall–Kier alpha value is -1.59. The maximum Gasteiger partial charge on any atom is 0.147 e. The second-order valence-electron chi connectivity index (χ2n) is 4.60. The van der Waals surface area contributed by atoms with Crippen molar-refractivity contribution in [3.05, 3.63) is 40.6 Å². The van der Waals surface area contributed by atoms with Gasteiger partial charge in [0, 0.05) is 18.3 Å². The van der Waals surface area contributed by atoms with Crippen molar-refractivity contribution in [3.8, 4) is 5.75 Å². The lowest BCUT2D eigenvalue weighted by atomic mass is 10.2. The number of nitrogens with zero attached hydrogens (tertiary/aromatic N) is 3. The number of imidazole rings is 1. The number of thiazole rings is 1. The van der Waals surface area contributed by atoms with Crippen molar-refractivity contribution >= 4 is 34.0 Å². The third kappa shape index (κ3) is 2.89. The Morgan fingerprint density at radius 3 is 3.00 bits per heavy atom. The summed E-state index contributed by atoms with van der Waals surface area (Å²) in [5.74, 6) is 2.07. The molecule has 21 heavy (non-hydrogen) atoms. The van der Waals surface area contributed by atoms with Gasteiger partial charge >= 0.3 is 0 Å². The van der Waals surface area contributed by atoms with E-state index in [0.717, 1.165) is 41.3 Å². The number of ether oxygens (including phenoxy) is 1. The van der Waals surface area contributed by atoms with E-state index >= 15 is 0 Å². The zero-order valence-corrected chi connectivity index (χ0v) is 13.3. The van der Waals surface area contributed by atoms with Crippen molar-refractivity contribution in [1.82, 2.24) is 14.5 Å². The molecule has 0 atom stereocenters. The monoisotopic (exact) mass is 321 g/mol. The summed E-state index contributed by atoms with van der Waals surface area (Å²) in [6, 6.07) is 6.00. The van der Waals surface area contributed by atoms with Crippen LogP contribution in [0.3, 0.4) is 0 Å². The quantitative estimate of drug-likeness (QED) is 0.647. The van der Waals surface area contributed by atoms with Gasteiger partial charge in [-0.1, -0.05) is 6.07 Å². The maximum absolute atomic E-state index is 6.06. The highest BCUT2D eigenvalue weighted by Gasteiger charge is 2.13. The summed E-state index contributed by atoms with van der Waals surface area (Å²) >= 11 is 7.67. The molecule has 0 N–H and O–H groups in total. The Kier molecular flexibility index (Phi) is 4.41. The van der Waals surface area contributed by atoms with Crippen LogP contribution >= 0.6 is 22.9 Å². The van der Waals surface area contributed by atoms with Crippen LogP contribution in [-0.4, -0.2) is 21.1 Å². The molecule has 0 radical (unpaired) electrons. The minimum Gasteiger partial charge on any atom is -0.492 e. The second-order valence-corrected chi connectivity index (χ2v) is 5.59. The van der Waals surface area contributed by atoms with Gasteiger partial charge in [-0.2, -0.15) is 0 Å². The summed E-state index contributed by atoms with van der Waals surface area (Å²) in [5.41, 5.74) is 4.90. The van der Waals surface area contributed by atoms with Crippen LogP contribution in [0.2, 0.25) is 0 Å². The van der Waals surface area contributed by atoms with Gasteiger partial charge in [0.25, 0.3) is 0 Å². The van der Waals surface area contributed by atoms with Crippen molar-refractivity contribution < 1.29 is 4.74 Å². The second kappa shape index (κ2) is 6.45.